The summed E-state index contributed by atoms with van der Waals surface area (Å²) in [4.78, 5) is 31.8. The molecular formula is C20H20N6O3. The molecule has 148 valence electrons. The average molecular weight is 392 g/mol. The number of hydrogen-bond acceptors (Lipinski definition) is 6. The molecule has 0 radical (unpaired) electrons. The zero-order chi connectivity index (χ0) is 20.5. The summed E-state index contributed by atoms with van der Waals surface area (Å²) < 4.78 is 1.61. The summed E-state index contributed by atoms with van der Waals surface area (Å²) in [6.07, 6.45) is 0.789. The molecule has 4 rings (SSSR count). The predicted molar refractivity (Wildman–Crippen MR) is 106 cm³/mol. The lowest BCUT2D eigenvalue weighted by molar-refractivity contribution is 0.0948. The standard InChI is InChI=1S/C20H20N6O3/c1-11(2)17(27)18-25-24-16-8-7-12(10-26(16)18)19(28)21-9-15-22-14-6-4-3-5-13(14)20(29)23-15/h3-8,10-11,17,27H,9H2,1-2H3,(H,21,28)(H,22,23,29). The van der Waals surface area contributed by atoms with Crippen LogP contribution in [0.25, 0.3) is 16.6 Å². The molecule has 1 atom stereocenters. The molecule has 3 heterocycles. The van der Waals surface area contributed by atoms with Gasteiger partial charge in [0.05, 0.1) is 23.0 Å². The van der Waals surface area contributed by atoms with Crippen molar-refractivity contribution in [3.63, 3.8) is 0 Å². The fourth-order valence-electron chi connectivity index (χ4n) is 3.03. The number of pyridine rings is 1. The van der Waals surface area contributed by atoms with Crippen molar-refractivity contribution >= 4 is 22.5 Å². The number of hydrogen-bond donors (Lipinski definition) is 3. The molecule has 0 bridgehead atoms. The monoisotopic (exact) mass is 392 g/mol. The van der Waals surface area contributed by atoms with Gasteiger partial charge in [-0.15, -0.1) is 10.2 Å². The van der Waals surface area contributed by atoms with Gasteiger partial charge in [0.2, 0.25) is 0 Å². The second-order valence-electron chi connectivity index (χ2n) is 7.11. The van der Waals surface area contributed by atoms with Gasteiger partial charge >= 0.3 is 0 Å². The van der Waals surface area contributed by atoms with Crippen LogP contribution in [-0.4, -0.2) is 35.6 Å². The Labute approximate surface area is 165 Å². The van der Waals surface area contributed by atoms with E-state index in [0.29, 0.717) is 33.8 Å². The van der Waals surface area contributed by atoms with E-state index in [0.717, 1.165) is 0 Å². The Balaban J connectivity index is 1.56. The number of H-pyrrole nitrogens is 1. The number of benzene rings is 1. The van der Waals surface area contributed by atoms with E-state index in [1.54, 1.807) is 47.0 Å². The van der Waals surface area contributed by atoms with E-state index in [-0.39, 0.29) is 23.9 Å². The molecule has 0 aliphatic rings. The summed E-state index contributed by atoms with van der Waals surface area (Å²) >= 11 is 0. The highest BCUT2D eigenvalue weighted by Crippen LogP contribution is 2.20. The van der Waals surface area contributed by atoms with Crippen LogP contribution in [0.4, 0.5) is 0 Å². The average Bonchev–Trinajstić information content (AvgIpc) is 3.14. The highest BCUT2D eigenvalue weighted by atomic mass is 16.3. The largest absolute Gasteiger partial charge is 0.385 e. The summed E-state index contributed by atoms with van der Waals surface area (Å²) in [5.74, 6) is 0.352. The molecule has 29 heavy (non-hydrogen) atoms. The van der Waals surface area contributed by atoms with Gasteiger partial charge in [0.15, 0.2) is 11.5 Å². The first-order chi connectivity index (χ1) is 13.9. The third-order valence-electron chi connectivity index (χ3n) is 4.67. The second kappa shape index (κ2) is 7.44. The van der Waals surface area contributed by atoms with Crippen molar-refractivity contribution in [2.24, 2.45) is 5.92 Å². The maximum absolute atomic E-state index is 12.6. The minimum Gasteiger partial charge on any atom is -0.385 e. The number of amides is 1. The third kappa shape index (κ3) is 3.59. The number of fused-ring (bicyclic) bond motifs is 2. The molecule has 3 aromatic heterocycles. The van der Waals surface area contributed by atoms with E-state index in [1.165, 1.54) is 0 Å². The van der Waals surface area contributed by atoms with Crippen LogP contribution >= 0.6 is 0 Å². The first kappa shape index (κ1) is 18.8. The molecule has 0 spiro atoms. The molecule has 0 fully saturated rings. The molecule has 0 aliphatic carbocycles. The van der Waals surface area contributed by atoms with Gasteiger partial charge in [0, 0.05) is 6.20 Å². The second-order valence-corrected chi connectivity index (χ2v) is 7.11. The zero-order valence-corrected chi connectivity index (χ0v) is 16.0. The Hall–Kier alpha value is -3.59. The Kier molecular flexibility index (Phi) is 4.81. The predicted octanol–water partition coefficient (Wildman–Crippen LogP) is 1.59. The Morgan fingerprint density at radius 2 is 2.00 bits per heavy atom. The molecule has 4 aromatic rings. The van der Waals surface area contributed by atoms with Crippen molar-refractivity contribution in [1.29, 1.82) is 0 Å². The number of aromatic nitrogens is 5. The first-order valence-corrected chi connectivity index (χ1v) is 9.23. The molecule has 3 N–H and O–H groups in total. The third-order valence-corrected chi connectivity index (χ3v) is 4.67. The number of carbonyl (C=O) groups is 1. The van der Waals surface area contributed by atoms with E-state index in [4.69, 9.17) is 0 Å². The van der Waals surface area contributed by atoms with Crippen molar-refractivity contribution in [3.05, 3.63) is 70.2 Å². The van der Waals surface area contributed by atoms with Crippen molar-refractivity contribution < 1.29 is 9.90 Å². The molecule has 9 heteroatoms. The molecular weight excluding hydrogens is 372 g/mol. The van der Waals surface area contributed by atoms with Crippen LogP contribution in [0.3, 0.4) is 0 Å². The van der Waals surface area contributed by atoms with Gasteiger partial charge in [-0.3, -0.25) is 14.0 Å². The van der Waals surface area contributed by atoms with E-state index >= 15 is 0 Å². The number of aliphatic hydroxyl groups excluding tert-OH is 1. The summed E-state index contributed by atoms with van der Waals surface area (Å²) in [6, 6.07) is 10.3. The van der Waals surface area contributed by atoms with Gasteiger partial charge in [0.25, 0.3) is 11.5 Å². The van der Waals surface area contributed by atoms with Crippen molar-refractivity contribution in [2.75, 3.05) is 0 Å². The van der Waals surface area contributed by atoms with Gasteiger partial charge in [-0.1, -0.05) is 26.0 Å². The number of carbonyl (C=O) groups excluding carboxylic acids is 1. The highest BCUT2D eigenvalue weighted by molar-refractivity contribution is 5.94. The molecule has 0 aliphatic heterocycles. The molecule has 9 nitrogen and oxygen atoms in total. The van der Waals surface area contributed by atoms with Crippen LogP contribution in [0.5, 0.6) is 0 Å². The smallest absolute Gasteiger partial charge is 0.258 e. The Bertz CT molecular complexity index is 1260. The fourth-order valence-corrected chi connectivity index (χ4v) is 3.03. The van der Waals surface area contributed by atoms with Crippen LogP contribution in [0, 0.1) is 5.92 Å². The van der Waals surface area contributed by atoms with E-state index in [9.17, 15) is 14.7 Å². The fraction of sp³-hybridized carbons (Fsp3) is 0.250. The first-order valence-electron chi connectivity index (χ1n) is 9.23. The van der Waals surface area contributed by atoms with E-state index in [2.05, 4.69) is 25.5 Å². The number of para-hydroxylation sites is 1. The van der Waals surface area contributed by atoms with Gasteiger partial charge in [-0.25, -0.2) is 4.98 Å². The van der Waals surface area contributed by atoms with Crippen molar-refractivity contribution in [1.82, 2.24) is 29.9 Å². The number of rotatable bonds is 5. The SMILES string of the molecule is CC(C)C(O)c1nnc2ccc(C(=O)NCc3nc4ccccc4c(=O)[nH]3)cn12. The summed E-state index contributed by atoms with van der Waals surface area (Å²) in [7, 11) is 0. The van der Waals surface area contributed by atoms with Gasteiger partial charge in [-0.05, 0) is 30.2 Å². The molecule has 1 unspecified atom stereocenters. The van der Waals surface area contributed by atoms with E-state index < -0.39 is 6.10 Å². The number of nitrogens with zero attached hydrogens (tertiary/aromatic N) is 4. The van der Waals surface area contributed by atoms with Crippen LogP contribution in [0.15, 0.2) is 47.4 Å². The lowest BCUT2D eigenvalue weighted by Gasteiger charge is -2.12. The molecule has 0 saturated carbocycles. The normalized spacial score (nSPS) is 12.6. The zero-order valence-electron chi connectivity index (χ0n) is 16.0. The number of aromatic amines is 1. The number of nitrogens with one attached hydrogen (secondary N) is 2. The Morgan fingerprint density at radius 3 is 2.79 bits per heavy atom. The highest BCUT2D eigenvalue weighted by Gasteiger charge is 2.19. The molecule has 1 amide bonds. The van der Waals surface area contributed by atoms with Gasteiger partial charge in [0.1, 0.15) is 11.9 Å². The minimum atomic E-state index is -0.796. The van der Waals surface area contributed by atoms with Crippen LogP contribution in [0.2, 0.25) is 0 Å². The Morgan fingerprint density at radius 1 is 1.21 bits per heavy atom. The topological polar surface area (TPSA) is 125 Å². The van der Waals surface area contributed by atoms with Gasteiger partial charge in [-0.2, -0.15) is 0 Å². The van der Waals surface area contributed by atoms with Crippen LogP contribution in [-0.2, 0) is 6.54 Å². The maximum atomic E-state index is 12.6. The van der Waals surface area contributed by atoms with Crippen molar-refractivity contribution in [2.45, 2.75) is 26.5 Å². The molecule has 0 saturated heterocycles. The summed E-state index contributed by atoms with van der Waals surface area (Å²) in [5.41, 5.74) is 1.23. The minimum absolute atomic E-state index is 0.0457. The van der Waals surface area contributed by atoms with Crippen LogP contribution < -0.4 is 10.9 Å². The lowest BCUT2D eigenvalue weighted by atomic mass is 10.1. The van der Waals surface area contributed by atoms with Crippen LogP contribution in [0.1, 0.15) is 42.0 Å². The summed E-state index contributed by atoms with van der Waals surface area (Å²) in [5, 5.41) is 21.6. The van der Waals surface area contributed by atoms with Gasteiger partial charge < -0.3 is 15.4 Å². The van der Waals surface area contributed by atoms with Crippen molar-refractivity contribution in [3.8, 4) is 0 Å². The molecule has 1 aromatic carbocycles. The maximum Gasteiger partial charge on any atom is 0.258 e. The lowest BCUT2D eigenvalue weighted by Crippen LogP contribution is -2.26. The van der Waals surface area contributed by atoms with E-state index in [1.807, 2.05) is 13.8 Å². The number of aliphatic hydroxyl groups is 1. The summed E-state index contributed by atoms with van der Waals surface area (Å²) in [6.45, 7) is 3.82. The quantitative estimate of drug-likeness (QED) is 0.474.